The molecule has 0 heterocycles. The van der Waals surface area contributed by atoms with Crippen molar-refractivity contribution in [2.75, 3.05) is 106 Å². The van der Waals surface area contributed by atoms with Crippen LogP contribution in [0.3, 0.4) is 0 Å². The van der Waals surface area contributed by atoms with Gasteiger partial charge < -0.3 is 47.9 Å². The molecule has 0 aromatic heterocycles. The van der Waals surface area contributed by atoms with Crippen molar-refractivity contribution in [1.29, 1.82) is 0 Å². The van der Waals surface area contributed by atoms with Gasteiger partial charge >= 0.3 is 12.1 Å². The van der Waals surface area contributed by atoms with Crippen LogP contribution in [0, 0.1) is 0 Å². The second-order valence-electron chi connectivity index (χ2n) is 10.5. The highest BCUT2D eigenvalue weighted by atomic mass is 16.6. The molecule has 0 saturated carbocycles. The van der Waals surface area contributed by atoms with Crippen molar-refractivity contribution in [3.8, 4) is 0 Å². The Labute approximate surface area is 253 Å². The predicted octanol–water partition coefficient (Wildman–Crippen LogP) is 3.92. The first-order valence-corrected chi connectivity index (χ1v) is 15.5. The highest BCUT2D eigenvalue weighted by Gasteiger charge is 2.15. The summed E-state index contributed by atoms with van der Waals surface area (Å²) in [4.78, 5) is 23.1. The fourth-order valence-corrected chi connectivity index (χ4v) is 3.30. The molecule has 0 rings (SSSR count). The van der Waals surface area contributed by atoms with Gasteiger partial charge in [0.1, 0.15) is 12.2 Å². The molecule has 42 heavy (non-hydrogen) atoms. The van der Waals surface area contributed by atoms with E-state index in [2.05, 4.69) is 12.2 Å². The minimum absolute atomic E-state index is 0.147. The summed E-state index contributed by atoms with van der Waals surface area (Å²) in [6.07, 6.45) is 6.96. The third-order valence-corrected chi connectivity index (χ3v) is 5.37. The Morgan fingerprint density at radius 1 is 0.524 bits per heavy atom. The minimum Gasteiger partial charge on any atom is -0.463 e. The van der Waals surface area contributed by atoms with Crippen molar-refractivity contribution in [2.45, 2.75) is 78.2 Å². The molecule has 12 heteroatoms. The van der Waals surface area contributed by atoms with Crippen LogP contribution in [0.2, 0.25) is 0 Å². The van der Waals surface area contributed by atoms with Gasteiger partial charge in [-0.2, -0.15) is 0 Å². The molecule has 1 N–H and O–H groups in total. The zero-order valence-corrected chi connectivity index (χ0v) is 26.8. The van der Waals surface area contributed by atoms with E-state index in [1.54, 1.807) is 0 Å². The summed E-state index contributed by atoms with van der Waals surface area (Å²) >= 11 is 0. The van der Waals surface area contributed by atoms with Gasteiger partial charge in [0, 0.05) is 13.0 Å². The van der Waals surface area contributed by atoms with Crippen LogP contribution in [0.15, 0.2) is 0 Å². The van der Waals surface area contributed by atoms with E-state index in [9.17, 15) is 9.59 Å². The third kappa shape index (κ3) is 34.7. The predicted molar refractivity (Wildman–Crippen MR) is 159 cm³/mol. The van der Waals surface area contributed by atoms with Crippen LogP contribution in [-0.4, -0.2) is 123 Å². The van der Waals surface area contributed by atoms with Gasteiger partial charge in [0.2, 0.25) is 0 Å². The zero-order valence-electron chi connectivity index (χ0n) is 26.8. The molecule has 0 radical (unpaired) electrons. The second-order valence-corrected chi connectivity index (χ2v) is 10.5. The first kappa shape index (κ1) is 40.5. The summed E-state index contributed by atoms with van der Waals surface area (Å²) in [5.74, 6) is -0.147. The number of carbonyl (C=O) groups excluding carboxylic acids is 2. The Hall–Kier alpha value is -1.54. The van der Waals surface area contributed by atoms with E-state index < -0.39 is 11.7 Å². The summed E-state index contributed by atoms with van der Waals surface area (Å²) in [6.45, 7) is 14.7. The van der Waals surface area contributed by atoms with E-state index in [4.69, 9.17) is 42.6 Å². The van der Waals surface area contributed by atoms with Crippen molar-refractivity contribution in [3.05, 3.63) is 0 Å². The quantitative estimate of drug-likeness (QED) is 0.0907. The molecule has 0 bridgehead atoms. The lowest BCUT2D eigenvalue weighted by atomic mass is 10.1. The zero-order chi connectivity index (χ0) is 31.0. The van der Waals surface area contributed by atoms with E-state index in [1.165, 1.54) is 25.7 Å². The normalized spacial score (nSPS) is 11.5. The first-order valence-electron chi connectivity index (χ1n) is 15.5. The molecule has 0 atom stereocenters. The van der Waals surface area contributed by atoms with Gasteiger partial charge in [-0.3, -0.25) is 4.79 Å². The number of hydrogen-bond acceptors (Lipinski definition) is 11. The summed E-state index contributed by atoms with van der Waals surface area (Å²) in [5.41, 5.74) is -0.510. The average molecular weight is 610 g/mol. The molecule has 0 spiro atoms. The fraction of sp³-hybridized carbons (Fsp3) is 0.933. The Morgan fingerprint density at radius 3 is 1.33 bits per heavy atom. The average Bonchev–Trinajstić information content (AvgIpc) is 2.94. The number of ether oxygens (including phenoxy) is 9. The fourth-order valence-electron chi connectivity index (χ4n) is 3.30. The molecular weight excluding hydrogens is 550 g/mol. The Balaban J connectivity index is 3.16. The molecule has 12 nitrogen and oxygen atoms in total. The molecule has 0 aliphatic rings. The summed E-state index contributed by atoms with van der Waals surface area (Å²) in [7, 11) is 0. The van der Waals surface area contributed by atoms with Crippen molar-refractivity contribution >= 4 is 12.1 Å². The number of amides is 1. The van der Waals surface area contributed by atoms with Gasteiger partial charge in [0.25, 0.3) is 0 Å². The van der Waals surface area contributed by atoms with Gasteiger partial charge in [-0.25, -0.2) is 4.79 Å². The topological polar surface area (TPSA) is 129 Å². The van der Waals surface area contributed by atoms with Crippen molar-refractivity contribution in [2.24, 2.45) is 0 Å². The van der Waals surface area contributed by atoms with E-state index in [-0.39, 0.29) is 12.6 Å². The molecule has 1 amide bonds. The lowest BCUT2D eigenvalue weighted by molar-refractivity contribution is -0.145. The Bertz CT molecular complexity index is 602. The molecular formula is C30H59NO11. The van der Waals surface area contributed by atoms with Gasteiger partial charge in [0.05, 0.1) is 92.5 Å². The van der Waals surface area contributed by atoms with Crippen LogP contribution in [0.5, 0.6) is 0 Å². The lowest BCUT2D eigenvalue weighted by Crippen LogP contribution is -2.34. The molecule has 250 valence electrons. The van der Waals surface area contributed by atoms with E-state index in [1.807, 2.05) is 20.8 Å². The molecule has 0 unspecified atom stereocenters. The van der Waals surface area contributed by atoms with Crippen molar-refractivity contribution in [1.82, 2.24) is 5.32 Å². The van der Waals surface area contributed by atoms with Gasteiger partial charge in [-0.05, 0) is 27.2 Å². The highest BCUT2D eigenvalue weighted by Crippen LogP contribution is 2.07. The number of hydrogen-bond donors (Lipinski definition) is 1. The van der Waals surface area contributed by atoms with Gasteiger partial charge in [-0.1, -0.05) is 39.0 Å². The van der Waals surface area contributed by atoms with E-state index >= 15 is 0 Å². The number of rotatable bonds is 31. The third-order valence-electron chi connectivity index (χ3n) is 5.37. The molecule has 0 aliphatic heterocycles. The number of esters is 1. The molecule has 0 aliphatic carbocycles. The largest absolute Gasteiger partial charge is 0.463 e. The minimum atomic E-state index is -0.510. The monoisotopic (exact) mass is 609 g/mol. The van der Waals surface area contributed by atoms with E-state index in [0.717, 1.165) is 12.8 Å². The smallest absolute Gasteiger partial charge is 0.407 e. The number of alkyl carbamates (subject to hydrolysis) is 1. The SMILES string of the molecule is CCCCCCCCC(=O)OCCOCCOCCOCCOCCOCCOCCOCCNC(=O)OC(C)(C)C. The summed E-state index contributed by atoms with van der Waals surface area (Å²) in [5, 5.41) is 2.63. The maximum Gasteiger partial charge on any atom is 0.407 e. The Morgan fingerprint density at radius 2 is 0.905 bits per heavy atom. The summed E-state index contributed by atoms with van der Waals surface area (Å²) < 4.78 is 48.3. The van der Waals surface area contributed by atoms with Crippen molar-refractivity contribution in [3.63, 3.8) is 0 Å². The molecule has 0 saturated heterocycles. The first-order chi connectivity index (χ1) is 20.3. The van der Waals surface area contributed by atoms with Crippen LogP contribution < -0.4 is 5.32 Å². The standard InChI is InChI=1S/C30H59NO11/c1-5-6-7-8-9-10-11-28(32)41-27-26-40-25-24-39-23-22-38-21-20-37-19-18-36-17-16-35-15-14-34-13-12-31-29(33)42-30(2,3)4/h5-27H2,1-4H3,(H,31,33). The van der Waals surface area contributed by atoms with Crippen LogP contribution in [0.1, 0.15) is 72.6 Å². The number of nitrogens with one attached hydrogen (secondary N) is 1. The van der Waals surface area contributed by atoms with Crippen molar-refractivity contribution < 1.29 is 52.2 Å². The van der Waals surface area contributed by atoms with Crippen LogP contribution in [-0.2, 0) is 47.4 Å². The molecule has 0 fully saturated rings. The summed E-state index contributed by atoms with van der Waals surface area (Å²) in [6, 6.07) is 0. The van der Waals surface area contributed by atoms with Crippen LogP contribution >= 0.6 is 0 Å². The molecule has 0 aromatic rings. The second kappa shape index (κ2) is 30.9. The van der Waals surface area contributed by atoms with Gasteiger partial charge in [0.15, 0.2) is 0 Å². The van der Waals surface area contributed by atoms with Gasteiger partial charge in [-0.15, -0.1) is 0 Å². The number of unbranched alkanes of at least 4 members (excludes halogenated alkanes) is 5. The highest BCUT2D eigenvalue weighted by molar-refractivity contribution is 5.69. The number of carbonyl (C=O) groups is 2. The maximum atomic E-state index is 11.6. The Kier molecular flexibility index (Phi) is 29.8. The van der Waals surface area contributed by atoms with E-state index in [0.29, 0.717) is 105 Å². The lowest BCUT2D eigenvalue weighted by Gasteiger charge is -2.19. The van der Waals surface area contributed by atoms with Crippen LogP contribution in [0.25, 0.3) is 0 Å². The molecule has 0 aromatic carbocycles. The maximum absolute atomic E-state index is 11.6. The van der Waals surface area contributed by atoms with Crippen LogP contribution in [0.4, 0.5) is 4.79 Å².